The lowest BCUT2D eigenvalue weighted by Crippen LogP contribution is -2.52. The Morgan fingerprint density at radius 3 is 2.46 bits per heavy atom. The average Bonchev–Trinajstić information content (AvgIpc) is 3.00. The minimum absolute atomic E-state index is 0.114. The van der Waals surface area contributed by atoms with Crippen LogP contribution < -0.4 is 0 Å². The van der Waals surface area contributed by atoms with Gasteiger partial charge in [0.1, 0.15) is 5.82 Å². The number of amides is 1. The monoisotopic (exact) mass is 400 g/mol. The topological polar surface area (TPSA) is 57.7 Å². The summed E-state index contributed by atoms with van der Waals surface area (Å²) in [6.07, 6.45) is 0.710. The van der Waals surface area contributed by atoms with Gasteiger partial charge in [0, 0.05) is 37.5 Å². The fourth-order valence-electron chi connectivity index (χ4n) is 3.52. The van der Waals surface area contributed by atoms with Crippen LogP contribution in [0.4, 0.5) is 4.39 Å². The van der Waals surface area contributed by atoms with Gasteiger partial charge in [0.05, 0.1) is 17.3 Å². The van der Waals surface area contributed by atoms with Crippen molar-refractivity contribution in [3.05, 3.63) is 35.6 Å². The Morgan fingerprint density at radius 1 is 1.23 bits per heavy atom. The van der Waals surface area contributed by atoms with Crippen molar-refractivity contribution in [2.24, 2.45) is 0 Å². The van der Waals surface area contributed by atoms with Gasteiger partial charge in [-0.05, 0) is 31.0 Å². The molecule has 1 aromatic carbocycles. The second-order valence-electron chi connectivity index (χ2n) is 6.98. The summed E-state index contributed by atoms with van der Waals surface area (Å²) in [4.78, 5) is 16.5. The summed E-state index contributed by atoms with van der Waals surface area (Å²) in [6.45, 7) is 4.81. The molecule has 1 aromatic rings. The van der Waals surface area contributed by atoms with E-state index in [1.807, 2.05) is 11.8 Å². The smallest absolute Gasteiger partial charge is 0.232 e. The van der Waals surface area contributed by atoms with Crippen LogP contribution in [0, 0.1) is 5.82 Å². The number of hydrogen-bond acceptors (Lipinski definition) is 5. The maximum Gasteiger partial charge on any atom is 0.232 e. The minimum Gasteiger partial charge on any atom is -0.339 e. The van der Waals surface area contributed by atoms with E-state index in [2.05, 4.69) is 4.90 Å². The van der Waals surface area contributed by atoms with Gasteiger partial charge in [-0.1, -0.05) is 12.1 Å². The number of nitrogens with zero attached hydrogens (tertiary/aromatic N) is 2. The van der Waals surface area contributed by atoms with Crippen LogP contribution in [0.2, 0.25) is 0 Å². The van der Waals surface area contributed by atoms with Crippen molar-refractivity contribution >= 4 is 27.5 Å². The Bertz CT molecular complexity index is 731. The van der Waals surface area contributed by atoms with Gasteiger partial charge < -0.3 is 4.90 Å². The summed E-state index contributed by atoms with van der Waals surface area (Å²) in [5.41, 5.74) is 1.01. The van der Waals surface area contributed by atoms with E-state index >= 15 is 0 Å². The van der Waals surface area contributed by atoms with Gasteiger partial charge >= 0.3 is 0 Å². The van der Waals surface area contributed by atoms with Crippen LogP contribution in [0.5, 0.6) is 0 Å². The Morgan fingerprint density at radius 2 is 1.88 bits per heavy atom. The highest BCUT2D eigenvalue weighted by Crippen LogP contribution is 2.28. The van der Waals surface area contributed by atoms with Gasteiger partial charge in [-0.2, -0.15) is 0 Å². The highest BCUT2D eigenvalue weighted by Gasteiger charge is 2.34. The summed E-state index contributed by atoms with van der Waals surface area (Å²) < 4.78 is 36.2. The molecular weight excluding hydrogens is 375 g/mol. The van der Waals surface area contributed by atoms with E-state index in [1.54, 1.807) is 23.9 Å². The number of thioether (sulfide) groups is 1. The van der Waals surface area contributed by atoms with Crippen LogP contribution in [0.15, 0.2) is 24.3 Å². The van der Waals surface area contributed by atoms with Gasteiger partial charge in [0.25, 0.3) is 0 Å². The third-order valence-corrected chi connectivity index (χ3v) is 8.12. The molecule has 0 aliphatic carbocycles. The number of carbonyl (C=O) groups is 1. The zero-order chi connectivity index (χ0) is 18.7. The number of piperazine rings is 1. The van der Waals surface area contributed by atoms with E-state index in [1.165, 1.54) is 12.1 Å². The molecule has 0 saturated carbocycles. The lowest BCUT2D eigenvalue weighted by Gasteiger charge is -2.37. The van der Waals surface area contributed by atoms with Crippen molar-refractivity contribution in [1.29, 1.82) is 0 Å². The van der Waals surface area contributed by atoms with E-state index in [-0.39, 0.29) is 34.5 Å². The molecule has 144 valence electrons. The van der Waals surface area contributed by atoms with Gasteiger partial charge in [0.2, 0.25) is 5.91 Å². The molecule has 2 atom stereocenters. The largest absolute Gasteiger partial charge is 0.339 e. The summed E-state index contributed by atoms with van der Waals surface area (Å²) in [7, 11) is -2.87. The van der Waals surface area contributed by atoms with E-state index in [0.717, 1.165) is 18.7 Å². The summed E-state index contributed by atoms with van der Waals surface area (Å²) in [5.74, 6) is 0.800. The molecule has 2 aliphatic rings. The standard InChI is InChI=1S/C18H25FN2O3S2/c1-14(15-2-4-16(19)5-3-15)25-12-18(22)21-9-7-20(8-10-21)17-6-11-26(23,24)13-17/h2-5,14,17H,6-13H2,1H3. The SMILES string of the molecule is CC(SCC(=O)N1CCN(C2CCS(=O)(=O)C2)CC1)c1ccc(F)cc1. The Labute approximate surface area is 158 Å². The summed E-state index contributed by atoms with van der Waals surface area (Å²) in [6, 6.07) is 6.51. The van der Waals surface area contributed by atoms with Crippen molar-refractivity contribution in [3.63, 3.8) is 0 Å². The zero-order valence-corrected chi connectivity index (χ0v) is 16.6. The molecule has 2 fully saturated rings. The first-order valence-corrected chi connectivity index (χ1v) is 11.8. The van der Waals surface area contributed by atoms with Crippen LogP contribution in [0.3, 0.4) is 0 Å². The first kappa shape index (κ1) is 19.6. The molecule has 2 unspecified atom stereocenters. The molecule has 1 amide bonds. The zero-order valence-electron chi connectivity index (χ0n) is 14.9. The van der Waals surface area contributed by atoms with Crippen molar-refractivity contribution in [2.75, 3.05) is 43.4 Å². The van der Waals surface area contributed by atoms with E-state index in [9.17, 15) is 17.6 Å². The van der Waals surface area contributed by atoms with Gasteiger partial charge in [-0.3, -0.25) is 9.69 Å². The highest BCUT2D eigenvalue weighted by atomic mass is 32.2. The second-order valence-corrected chi connectivity index (χ2v) is 10.5. The number of rotatable bonds is 5. The number of carbonyl (C=O) groups excluding carboxylic acids is 1. The van der Waals surface area contributed by atoms with E-state index in [0.29, 0.717) is 25.3 Å². The molecule has 2 heterocycles. The van der Waals surface area contributed by atoms with E-state index in [4.69, 9.17) is 0 Å². The average molecular weight is 401 g/mol. The number of benzene rings is 1. The fraction of sp³-hybridized carbons (Fsp3) is 0.611. The lowest BCUT2D eigenvalue weighted by atomic mass is 10.2. The molecule has 0 aromatic heterocycles. The Balaban J connectivity index is 1.43. The molecule has 2 saturated heterocycles. The molecule has 8 heteroatoms. The van der Waals surface area contributed by atoms with Crippen LogP contribution in [0.25, 0.3) is 0 Å². The Kier molecular flexibility index (Phi) is 6.25. The summed E-state index contributed by atoms with van der Waals surface area (Å²) >= 11 is 1.56. The maximum atomic E-state index is 13.0. The van der Waals surface area contributed by atoms with Crippen molar-refractivity contribution < 1.29 is 17.6 Å². The Hall–Kier alpha value is -1.12. The first-order valence-electron chi connectivity index (χ1n) is 8.93. The van der Waals surface area contributed by atoms with E-state index < -0.39 is 9.84 Å². The maximum absolute atomic E-state index is 13.0. The first-order chi connectivity index (χ1) is 12.3. The van der Waals surface area contributed by atoms with Crippen LogP contribution in [-0.2, 0) is 14.6 Å². The minimum atomic E-state index is -2.87. The quantitative estimate of drug-likeness (QED) is 0.756. The molecule has 0 bridgehead atoms. The predicted molar refractivity (Wildman–Crippen MR) is 102 cm³/mol. The molecular formula is C18H25FN2O3S2. The second kappa shape index (κ2) is 8.27. The molecule has 3 rings (SSSR count). The molecule has 2 aliphatic heterocycles. The summed E-state index contributed by atoms with van der Waals surface area (Å²) in [5, 5.41) is 0.129. The molecule has 5 nitrogen and oxygen atoms in total. The molecule has 0 spiro atoms. The normalized spacial score (nSPS) is 24.5. The van der Waals surface area contributed by atoms with Crippen molar-refractivity contribution in [3.8, 4) is 0 Å². The van der Waals surface area contributed by atoms with Crippen LogP contribution in [-0.4, -0.2) is 73.6 Å². The number of hydrogen-bond donors (Lipinski definition) is 0. The number of sulfone groups is 1. The third kappa shape index (κ3) is 4.98. The third-order valence-electron chi connectivity index (χ3n) is 5.19. The van der Waals surface area contributed by atoms with Gasteiger partial charge in [-0.25, -0.2) is 12.8 Å². The fourth-order valence-corrected chi connectivity index (χ4v) is 6.20. The van der Waals surface area contributed by atoms with Crippen molar-refractivity contribution in [2.45, 2.75) is 24.6 Å². The van der Waals surface area contributed by atoms with Gasteiger partial charge in [0.15, 0.2) is 9.84 Å². The van der Waals surface area contributed by atoms with Gasteiger partial charge in [-0.15, -0.1) is 11.8 Å². The molecule has 0 N–H and O–H groups in total. The molecule has 26 heavy (non-hydrogen) atoms. The highest BCUT2D eigenvalue weighted by molar-refractivity contribution is 8.00. The number of halogens is 1. The molecule has 0 radical (unpaired) electrons. The van der Waals surface area contributed by atoms with Crippen LogP contribution >= 0.6 is 11.8 Å². The van der Waals surface area contributed by atoms with Crippen molar-refractivity contribution in [1.82, 2.24) is 9.80 Å². The lowest BCUT2D eigenvalue weighted by molar-refractivity contribution is -0.130. The van der Waals surface area contributed by atoms with Crippen LogP contribution in [0.1, 0.15) is 24.2 Å². The predicted octanol–water partition coefficient (Wildman–Crippen LogP) is 1.95.